The van der Waals surface area contributed by atoms with Gasteiger partial charge in [-0.1, -0.05) is 25.7 Å². The van der Waals surface area contributed by atoms with Crippen LogP contribution in [0.25, 0.3) is 0 Å². The van der Waals surface area contributed by atoms with Gasteiger partial charge in [0.1, 0.15) is 0 Å². The van der Waals surface area contributed by atoms with Gasteiger partial charge >= 0.3 is 0 Å². The van der Waals surface area contributed by atoms with Crippen LogP contribution < -0.4 is 5.32 Å². The van der Waals surface area contributed by atoms with Gasteiger partial charge in [0.15, 0.2) is 0 Å². The molecular weight excluding hydrogens is 220 g/mol. The highest BCUT2D eigenvalue weighted by molar-refractivity contribution is 4.87. The topological polar surface area (TPSA) is 15.3 Å². The second-order valence-corrected chi connectivity index (χ2v) is 6.73. The normalized spacial score (nSPS) is 34.7. The summed E-state index contributed by atoms with van der Waals surface area (Å²) in [5.74, 6) is 1.04. The molecule has 0 aromatic heterocycles. The van der Waals surface area contributed by atoms with Crippen LogP contribution in [0.2, 0.25) is 0 Å². The largest absolute Gasteiger partial charge is 0.313 e. The number of rotatable bonds is 4. The van der Waals surface area contributed by atoms with Gasteiger partial charge < -0.3 is 5.32 Å². The van der Waals surface area contributed by atoms with Gasteiger partial charge in [-0.25, -0.2) is 0 Å². The fourth-order valence-corrected chi connectivity index (χ4v) is 4.55. The van der Waals surface area contributed by atoms with Crippen molar-refractivity contribution in [2.45, 2.75) is 76.3 Å². The molecule has 1 saturated heterocycles. The smallest absolute Gasteiger partial charge is 0.0124 e. The van der Waals surface area contributed by atoms with Gasteiger partial charge in [0, 0.05) is 25.2 Å². The van der Waals surface area contributed by atoms with Crippen molar-refractivity contribution in [2.24, 2.45) is 5.92 Å². The molecule has 0 radical (unpaired) electrons. The molecule has 0 aromatic rings. The number of hydrogen-bond donors (Lipinski definition) is 1. The quantitative estimate of drug-likeness (QED) is 0.824. The lowest BCUT2D eigenvalue weighted by Crippen LogP contribution is -2.49. The third-order valence-corrected chi connectivity index (χ3v) is 5.55. The lowest BCUT2D eigenvalue weighted by atomic mass is 9.78. The molecule has 1 heterocycles. The first kappa shape index (κ1) is 12.9. The number of piperidine rings is 1. The van der Waals surface area contributed by atoms with Crippen LogP contribution >= 0.6 is 0 Å². The van der Waals surface area contributed by atoms with E-state index in [-0.39, 0.29) is 0 Å². The van der Waals surface area contributed by atoms with E-state index in [1.165, 1.54) is 83.8 Å². The van der Waals surface area contributed by atoms with Gasteiger partial charge in [0.2, 0.25) is 0 Å². The Kier molecular flexibility index (Phi) is 4.58. The van der Waals surface area contributed by atoms with E-state index in [4.69, 9.17) is 0 Å². The summed E-state index contributed by atoms with van der Waals surface area (Å²) in [5.41, 5.74) is 0. The van der Waals surface area contributed by atoms with Crippen molar-refractivity contribution in [3.8, 4) is 0 Å². The first-order valence-corrected chi connectivity index (χ1v) is 8.41. The Hall–Kier alpha value is -0.0800. The van der Waals surface area contributed by atoms with E-state index in [0.717, 1.165) is 18.0 Å². The SMILES string of the molecule is C1CCC(NCCN2CCCC3CCCCC32)C1. The predicted octanol–water partition coefficient (Wildman–Crippen LogP) is 3.17. The van der Waals surface area contributed by atoms with Gasteiger partial charge in [-0.3, -0.25) is 4.90 Å². The van der Waals surface area contributed by atoms with Crippen LogP contribution in [0.15, 0.2) is 0 Å². The third-order valence-electron chi connectivity index (χ3n) is 5.55. The van der Waals surface area contributed by atoms with Gasteiger partial charge in [-0.05, 0) is 51.0 Å². The predicted molar refractivity (Wildman–Crippen MR) is 76.8 cm³/mol. The van der Waals surface area contributed by atoms with Crippen LogP contribution in [0.5, 0.6) is 0 Å². The van der Waals surface area contributed by atoms with Gasteiger partial charge in [-0.2, -0.15) is 0 Å². The molecule has 0 bridgehead atoms. The molecule has 2 heteroatoms. The van der Waals surface area contributed by atoms with Crippen molar-refractivity contribution >= 4 is 0 Å². The molecule has 2 unspecified atom stereocenters. The highest BCUT2D eigenvalue weighted by Gasteiger charge is 2.32. The second-order valence-electron chi connectivity index (χ2n) is 6.73. The van der Waals surface area contributed by atoms with Crippen molar-refractivity contribution in [1.82, 2.24) is 10.2 Å². The monoisotopic (exact) mass is 250 g/mol. The summed E-state index contributed by atoms with van der Waals surface area (Å²) in [6.07, 6.45) is 14.7. The molecular formula is C16H30N2. The third kappa shape index (κ3) is 3.08. The standard InChI is InChI=1S/C16H30N2/c1-4-10-16-14(6-1)7-5-12-18(16)13-11-17-15-8-2-3-9-15/h14-17H,1-13H2. The first-order chi connectivity index (χ1) is 8.93. The minimum atomic E-state index is 0.844. The highest BCUT2D eigenvalue weighted by Crippen LogP contribution is 2.34. The molecule has 0 spiro atoms. The van der Waals surface area contributed by atoms with Gasteiger partial charge in [-0.15, -0.1) is 0 Å². The summed E-state index contributed by atoms with van der Waals surface area (Å²) in [7, 11) is 0. The van der Waals surface area contributed by atoms with Crippen molar-refractivity contribution < 1.29 is 0 Å². The van der Waals surface area contributed by atoms with Crippen LogP contribution in [0, 0.1) is 5.92 Å². The minimum absolute atomic E-state index is 0.844. The van der Waals surface area contributed by atoms with Crippen LogP contribution in [0.3, 0.4) is 0 Å². The van der Waals surface area contributed by atoms with Crippen molar-refractivity contribution in [3.63, 3.8) is 0 Å². The molecule has 2 nitrogen and oxygen atoms in total. The Morgan fingerprint density at radius 3 is 2.44 bits per heavy atom. The molecule has 3 fully saturated rings. The van der Waals surface area contributed by atoms with E-state index in [1.807, 2.05) is 0 Å². The molecule has 3 rings (SSSR count). The molecule has 3 aliphatic rings. The Morgan fingerprint density at radius 1 is 0.833 bits per heavy atom. The van der Waals surface area contributed by atoms with E-state index in [0.29, 0.717) is 0 Å². The molecule has 0 amide bonds. The number of fused-ring (bicyclic) bond motifs is 1. The van der Waals surface area contributed by atoms with E-state index in [2.05, 4.69) is 10.2 Å². The van der Waals surface area contributed by atoms with E-state index in [9.17, 15) is 0 Å². The van der Waals surface area contributed by atoms with Crippen LogP contribution in [-0.4, -0.2) is 36.6 Å². The van der Waals surface area contributed by atoms with Gasteiger partial charge in [0.05, 0.1) is 0 Å². The average Bonchev–Trinajstić information content (AvgIpc) is 2.92. The maximum Gasteiger partial charge on any atom is 0.0124 e. The Labute approximate surface area is 113 Å². The first-order valence-electron chi connectivity index (χ1n) is 8.41. The van der Waals surface area contributed by atoms with Crippen LogP contribution in [-0.2, 0) is 0 Å². The minimum Gasteiger partial charge on any atom is -0.313 e. The summed E-state index contributed by atoms with van der Waals surface area (Å²) in [4.78, 5) is 2.81. The Morgan fingerprint density at radius 2 is 1.56 bits per heavy atom. The lowest BCUT2D eigenvalue weighted by molar-refractivity contribution is 0.0613. The fourth-order valence-electron chi connectivity index (χ4n) is 4.55. The summed E-state index contributed by atoms with van der Waals surface area (Å²) in [5, 5.41) is 3.78. The summed E-state index contributed by atoms with van der Waals surface area (Å²) >= 11 is 0. The van der Waals surface area contributed by atoms with Gasteiger partial charge in [0.25, 0.3) is 0 Å². The van der Waals surface area contributed by atoms with Crippen molar-refractivity contribution in [1.29, 1.82) is 0 Å². The summed E-state index contributed by atoms with van der Waals surface area (Å²) < 4.78 is 0. The maximum atomic E-state index is 3.78. The molecule has 2 aliphatic carbocycles. The number of nitrogens with one attached hydrogen (secondary N) is 1. The number of hydrogen-bond acceptors (Lipinski definition) is 2. The Bertz CT molecular complexity index is 245. The van der Waals surface area contributed by atoms with E-state index in [1.54, 1.807) is 0 Å². The Balaban J connectivity index is 1.42. The maximum absolute atomic E-state index is 3.78. The van der Waals surface area contributed by atoms with E-state index >= 15 is 0 Å². The average molecular weight is 250 g/mol. The molecule has 2 atom stereocenters. The highest BCUT2D eigenvalue weighted by atomic mass is 15.2. The second kappa shape index (κ2) is 6.38. The van der Waals surface area contributed by atoms with E-state index < -0.39 is 0 Å². The zero-order valence-corrected chi connectivity index (χ0v) is 11.9. The van der Waals surface area contributed by atoms with Crippen LogP contribution in [0.4, 0.5) is 0 Å². The van der Waals surface area contributed by atoms with Crippen molar-refractivity contribution in [3.05, 3.63) is 0 Å². The van der Waals surface area contributed by atoms with Crippen molar-refractivity contribution in [2.75, 3.05) is 19.6 Å². The molecule has 0 aromatic carbocycles. The fraction of sp³-hybridized carbons (Fsp3) is 1.00. The molecule has 104 valence electrons. The zero-order valence-electron chi connectivity index (χ0n) is 11.9. The molecule has 1 N–H and O–H groups in total. The number of likely N-dealkylation sites (tertiary alicyclic amines) is 1. The van der Waals surface area contributed by atoms with Crippen LogP contribution in [0.1, 0.15) is 64.2 Å². The number of nitrogens with zero attached hydrogens (tertiary/aromatic N) is 1. The zero-order chi connectivity index (χ0) is 12.2. The summed E-state index contributed by atoms with van der Waals surface area (Å²) in [6.45, 7) is 3.90. The lowest BCUT2D eigenvalue weighted by Gasteiger charge is -2.44. The molecule has 18 heavy (non-hydrogen) atoms. The molecule has 2 saturated carbocycles. The molecule has 1 aliphatic heterocycles. The summed E-state index contributed by atoms with van der Waals surface area (Å²) in [6, 6.07) is 1.79.